The Hall–Kier alpha value is -1.55. The molecule has 2 rings (SSSR count). The molecule has 0 heterocycles. The molecule has 0 bridgehead atoms. The van der Waals surface area contributed by atoms with Gasteiger partial charge in [0.25, 0.3) is 0 Å². The Morgan fingerprint density at radius 1 is 0.900 bits per heavy atom. The van der Waals surface area contributed by atoms with Gasteiger partial charge < -0.3 is 0 Å². The lowest BCUT2D eigenvalue weighted by Crippen LogP contribution is -2.03. The van der Waals surface area contributed by atoms with Crippen LogP contribution in [0.2, 0.25) is 0 Å². The molecule has 0 fully saturated rings. The van der Waals surface area contributed by atoms with Gasteiger partial charge in [-0.3, -0.25) is 0 Å². The molecule has 0 nitrogen and oxygen atoms in total. The van der Waals surface area contributed by atoms with Gasteiger partial charge in [0.1, 0.15) is 0 Å². The molecule has 0 aliphatic carbocycles. The summed E-state index contributed by atoms with van der Waals surface area (Å²) < 4.78 is 37.3. The van der Waals surface area contributed by atoms with Crippen molar-refractivity contribution in [2.45, 2.75) is 11.5 Å². The van der Waals surface area contributed by atoms with Gasteiger partial charge in [-0.15, -0.1) is 0 Å². The van der Waals surface area contributed by atoms with Crippen molar-refractivity contribution in [1.82, 2.24) is 0 Å². The van der Waals surface area contributed by atoms with Crippen LogP contribution in [0.25, 0.3) is 12.2 Å². The fourth-order valence-electron chi connectivity index (χ4n) is 1.76. The highest BCUT2D eigenvalue weighted by molar-refractivity contribution is 9.08. The zero-order valence-corrected chi connectivity index (χ0v) is 12.1. The molecule has 104 valence electrons. The Kier molecular flexibility index (Phi) is 4.65. The molecular formula is C16H12BrF3. The van der Waals surface area contributed by atoms with E-state index in [0.717, 1.165) is 34.2 Å². The smallest absolute Gasteiger partial charge is 0.166 e. The predicted molar refractivity (Wildman–Crippen MR) is 79.4 cm³/mol. The van der Waals surface area contributed by atoms with Crippen LogP contribution >= 0.6 is 15.9 Å². The molecule has 0 aliphatic rings. The fraction of sp³-hybridized carbons (Fsp3) is 0.125. The molecule has 0 aliphatic heterocycles. The highest BCUT2D eigenvalue weighted by Crippen LogP contribution is 2.29. The molecule has 0 atom stereocenters. The molecule has 0 saturated carbocycles. The van der Waals surface area contributed by atoms with E-state index in [2.05, 4.69) is 15.9 Å². The number of alkyl halides is 4. The molecule has 20 heavy (non-hydrogen) atoms. The average molecular weight is 341 g/mol. The van der Waals surface area contributed by atoms with E-state index in [9.17, 15) is 13.2 Å². The standard InChI is InChI=1S/C16H12BrF3/c17-11-14-3-1-2-13(10-14)5-4-12-6-8-15(9-7-12)16(18,19)20/h1-10H,11H2/b5-4+. The van der Waals surface area contributed by atoms with Crippen molar-refractivity contribution in [2.75, 3.05) is 0 Å². The lowest BCUT2D eigenvalue weighted by atomic mass is 10.1. The van der Waals surface area contributed by atoms with E-state index in [4.69, 9.17) is 0 Å². The largest absolute Gasteiger partial charge is 0.416 e. The number of halogens is 4. The number of hydrogen-bond acceptors (Lipinski definition) is 0. The summed E-state index contributed by atoms with van der Waals surface area (Å²) in [5.74, 6) is 0. The van der Waals surface area contributed by atoms with E-state index in [0.29, 0.717) is 0 Å². The molecule has 0 aromatic heterocycles. The maximum Gasteiger partial charge on any atom is 0.416 e. The van der Waals surface area contributed by atoms with Crippen LogP contribution in [-0.2, 0) is 11.5 Å². The molecule has 0 spiro atoms. The van der Waals surface area contributed by atoms with Gasteiger partial charge in [-0.1, -0.05) is 64.5 Å². The first-order valence-corrected chi connectivity index (χ1v) is 7.11. The lowest BCUT2D eigenvalue weighted by molar-refractivity contribution is -0.137. The van der Waals surface area contributed by atoms with Gasteiger partial charge >= 0.3 is 6.18 Å². The van der Waals surface area contributed by atoms with Crippen LogP contribution in [0.3, 0.4) is 0 Å². The fourth-order valence-corrected chi connectivity index (χ4v) is 2.10. The van der Waals surface area contributed by atoms with Gasteiger partial charge in [0.15, 0.2) is 0 Å². The van der Waals surface area contributed by atoms with Crippen LogP contribution in [-0.4, -0.2) is 0 Å². The first-order chi connectivity index (χ1) is 9.49. The van der Waals surface area contributed by atoms with Crippen molar-refractivity contribution < 1.29 is 13.2 Å². The summed E-state index contributed by atoms with van der Waals surface area (Å²) in [6.45, 7) is 0. The first-order valence-electron chi connectivity index (χ1n) is 5.99. The van der Waals surface area contributed by atoms with E-state index in [1.807, 2.05) is 30.3 Å². The van der Waals surface area contributed by atoms with Crippen molar-refractivity contribution in [2.24, 2.45) is 0 Å². The molecule has 4 heteroatoms. The Morgan fingerprint density at radius 2 is 1.55 bits per heavy atom. The Labute approximate surface area is 124 Å². The van der Waals surface area contributed by atoms with E-state index >= 15 is 0 Å². The van der Waals surface area contributed by atoms with E-state index < -0.39 is 11.7 Å². The number of hydrogen-bond donors (Lipinski definition) is 0. The van der Waals surface area contributed by atoms with Gasteiger partial charge in [-0.05, 0) is 28.8 Å². The van der Waals surface area contributed by atoms with Crippen molar-refractivity contribution >= 4 is 28.1 Å². The van der Waals surface area contributed by atoms with E-state index in [-0.39, 0.29) is 0 Å². The van der Waals surface area contributed by atoms with Crippen LogP contribution in [0, 0.1) is 0 Å². The Bertz CT molecular complexity index is 598. The van der Waals surface area contributed by atoms with Gasteiger partial charge in [-0.25, -0.2) is 0 Å². The maximum atomic E-state index is 12.4. The molecule has 0 saturated heterocycles. The van der Waals surface area contributed by atoms with Crippen molar-refractivity contribution in [3.8, 4) is 0 Å². The Balaban J connectivity index is 2.15. The maximum absolute atomic E-state index is 12.4. The Morgan fingerprint density at radius 3 is 2.15 bits per heavy atom. The van der Waals surface area contributed by atoms with E-state index in [1.54, 1.807) is 6.08 Å². The molecule has 0 amide bonds. The molecule has 0 unspecified atom stereocenters. The summed E-state index contributed by atoms with van der Waals surface area (Å²) in [4.78, 5) is 0. The zero-order chi connectivity index (χ0) is 14.6. The van der Waals surface area contributed by atoms with Crippen LogP contribution in [0.1, 0.15) is 22.3 Å². The van der Waals surface area contributed by atoms with Crippen molar-refractivity contribution in [1.29, 1.82) is 0 Å². The summed E-state index contributed by atoms with van der Waals surface area (Å²) in [6.07, 6.45) is -0.602. The number of rotatable bonds is 3. The van der Waals surface area contributed by atoms with Gasteiger partial charge in [0.2, 0.25) is 0 Å². The van der Waals surface area contributed by atoms with Gasteiger partial charge in [-0.2, -0.15) is 13.2 Å². The third kappa shape index (κ3) is 3.97. The minimum atomic E-state index is -4.29. The monoisotopic (exact) mass is 340 g/mol. The second-order valence-corrected chi connectivity index (χ2v) is 4.89. The molecule has 2 aromatic carbocycles. The van der Waals surface area contributed by atoms with Gasteiger partial charge in [0, 0.05) is 5.33 Å². The molecule has 2 aromatic rings. The van der Waals surface area contributed by atoms with Gasteiger partial charge in [0.05, 0.1) is 5.56 Å². The summed E-state index contributed by atoms with van der Waals surface area (Å²) in [7, 11) is 0. The summed E-state index contributed by atoms with van der Waals surface area (Å²) in [5.41, 5.74) is 2.28. The summed E-state index contributed by atoms with van der Waals surface area (Å²) in [5, 5.41) is 0.773. The van der Waals surface area contributed by atoms with Crippen molar-refractivity contribution in [3.63, 3.8) is 0 Å². The lowest BCUT2D eigenvalue weighted by Gasteiger charge is -2.05. The topological polar surface area (TPSA) is 0 Å². The van der Waals surface area contributed by atoms with Crippen molar-refractivity contribution in [3.05, 3.63) is 70.8 Å². The quantitative estimate of drug-likeness (QED) is 0.491. The summed E-state index contributed by atoms with van der Waals surface area (Å²) >= 11 is 3.38. The molecule has 0 N–H and O–H groups in total. The minimum absolute atomic E-state index is 0.629. The minimum Gasteiger partial charge on any atom is -0.166 e. The zero-order valence-electron chi connectivity index (χ0n) is 10.5. The van der Waals surface area contributed by atoms with E-state index in [1.165, 1.54) is 12.1 Å². The predicted octanol–water partition coefficient (Wildman–Crippen LogP) is 5.77. The highest BCUT2D eigenvalue weighted by atomic mass is 79.9. The normalized spacial score (nSPS) is 12.0. The first kappa shape index (κ1) is 14.9. The second-order valence-electron chi connectivity index (χ2n) is 4.33. The SMILES string of the molecule is FC(F)(F)c1ccc(/C=C/c2cccc(CBr)c2)cc1. The van der Waals surface area contributed by atoms with Crippen LogP contribution in [0.5, 0.6) is 0 Å². The average Bonchev–Trinajstić information content (AvgIpc) is 2.45. The molecule has 0 radical (unpaired) electrons. The third-order valence-corrected chi connectivity index (χ3v) is 3.46. The summed E-state index contributed by atoms with van der Waals surface area (Å²) in [6, 6.07) is 13.0. The third-order valence-electron chi connectivity index (χ3n) is 2.81. The second kappa shape index (κ2) is 6.27. The highest BCUT2D eigenvalue weighted by Gasteiger charge is 2.29. The van der Waals surface area contributed by atoms with Crippen LogP contribution < -0.4 is 0 Å². The molecular weight excluding hydrogens is 329 g/mol. The number of benzene rings is 2. The van der Waals surface area contributed by atoms with Crippen LogP contribution in [0.15, 0.2) is 48.5 Å². The van der Waals surface area contributed by atoms with Crippen LogP contribution in [0.4, 0.5) is 13.2 Å².